The second-order valence-corrected chi connectivity index (χ2v) is 8.31. The van der Waals surface area contributed by atoms with Crippen LogP contribution in [0.2, 0.25) is 0 Å². The molecule has 0 bridgehead atoms. The number of piperidine rings is 1. The third-order valence-corrected chi connectivity index (χ3v) is 6.16. The number of guanidine groups is 1. The lowest BCUT2D eigenvalue weighted by Crippen LogP contribution is -2.46. The van der Waals surface area contributed by atoms with Crippen molar-refractivity contribution in [2.75, 3.05) is 20.1 Å². The van der Waals surface area contributed by atoms with Gasteiger partial charge in [-0.15, -0.1) is 35.3 Å². The number of likely N-dealkylation sites (tertiary alicyclic amines) is 1. The van der Waals surface area contributed by atoms with E-state index in [4.69, 9.17) is 10.2 Å². The molecule has 1 aliphatic rings. The van der Waals surface area contributed by atoms with Crippen molar-refractivity contribution in [2.24, 2.45) is 16.6 Å². The van der Waals surface area contributed by atoms with Crippen LogP contribution >= 0.6 is 35.3 Å². The molecular formula is C21H26IN5O2S. The first-order valence-electron chi connectivity index (χ1n) is 9.81. The van der Waals surface area contributed by atoms with Gasteiger partial charge in [0, 0.05) is 26.6 Å². The number of aromatic nitrogens is 1. The first kappa shape index (κ1) is 22.5. The van der Waals surface area contributed by atoms with E-state index in [9.17, 15) is 4.79 Å². The number of amides is 1. The number of nitrogens with one attached hydrogen (secondary N) is 1. The number of thiazole rings is 1. The van der Waals surface area contributed by atoms with Crippen LogP contribution in [0.15, 0.2) is 45.8 Å². The van der Waals surface area contributed by atoms with E-state index in [1.807, 2.05) is 30.3 Å². The maximum absolute atomic E-state index is 11.2. The van der Waals surface area contributed by atoms with E-state index in [2.05, 4.69) is 26.3 Å². The van der Waals surface area contributed by atoms with Crippen LogP contribution in [0.25, 0.3) is 21.0 Å². The molecule has 9 heteroatoms. The molecule has 1 fully saturated rings. The molecule has 3 heterocycles. The van der Waals surface area contributed by atoms with Crippen LogP contribution in [0.3, 0.4) is 0 Å². The van der Waals surface area contributed by atoms with Gasteiger partial charge in [-0.25, -0.2) is 4.98 Å². The molecule has 1 aliphatic heterocycles. The molecule has 160 valence electrons. The summed E-state index contributed by atoms with van der Waals surface area (Å²) in [4.78, 5) is 22.5. The molecule has 3 aromatic rings. The van der Waals surface area contributed by atoms with Crippen LogP contribution in [0.4, 0.5) is 0 Å². The average molecular weight is 539 g/mol. The highest BCUT2D eigenvalue weighted by molar-refractivity contribution is 14.0. The Balaban J connectivity index is 0.00000256. The zero-order valence-electron chi connectivity index (χ0n) is 16.8. The number of carbonyl (C=O) groups excluding carboxylic acids is 1. The Labute approximate surface area is 196 Å². The van der Waals surface area contributed by atoms with Gasteiger partial charge in [0.05, 0.1) is 16.8 Å². The number of nitrogens with two attached hydrogens (primary N) is 1. The van der Waals surface area contributed by atoms with E-state index in [1.54, 1.807) is 18.4 Å². The second kappa shape index (κ2) is 10.3. The van der Waals surface area contributed by atoms with E-state index in [0.717, 1.165) is 58.6 Å². The minimum atomic E-state index is -0.238. The highest BCUT2D eigenvalue weighted by Crippen LogP contribution is 2.31. The standard InChI is InChI=1S/C21H25N5O2S.HI/c1-23-21(26-10-4-5-14(13-26)11-19(22)27)24-12-15-8-9-17(28-15)20-25-16-6-2-3-7-18(16)29-20;/h2-3,6-9,14H,4-5,10-13H2,1H3,(H2,22,27)(H,23,24);1H. The molecule has 1 aromatic carbocycles. The zero-order chi connectivity index (χ0) is 20.2. The third kappa shape index (κ3) is 5.31. The Hall–Kier alpha value is -2.14. The number of rotatable bonds is 5. The average Bonchev–Trinajstić information content (AvgIpc) is 3.35. The number of furan rings is 1. The maximum Gasteiger partial charge on any atom is 0.217 e. The number of nitrogens with zero attached hydrogens (tertiary/aromatic N) is 3. The molecule has 0 aliphatic carbocycles. The number of halogens is 1. The Bertz CT molecular complexity index is 998. The summed E-state index contributed by atoms with van der Waals surface area (Å²) < 4.78 is 7.15. The largest absolute Gasteiger partial charge is 0.457 e. The molecule has 1 amide bonds. The van der Waals surface area contributed by atoms with E-state index in [1.165, 1.54) is 0 Å². The molecule has 0 saturated carbocycles. The Morgan fingerprint density at radius 3 is 2.97 bits per heavy atom. The van der Waals surface area contributed by atoms with Crippen molar-refractivity contribution >= 4 is 57.4 Å². The van der Waals surface area contributed by atoms with Gasteiger partial charge in [-0.3, -0.25) is 9.79 Å². The summed E-state index contributed by atoms with van der Waals surface area (Å²) in [5.41, 5.74) is 6.35. The number of primary amides is 1. The Morgan fingerprint density at radius 2 is 2.20 bits per heavy atom. The van der Waals surface area contributed by atoms with Gasteiger partial charge in [0.25, 0.3) is 0 Å². The van der Waals surface area contributed by atoms with Gasteiger partial charge in [0.1, 0.15) is 5.76 Å². The quantitative estimate of drug-likeness (QED) is 0.292. The highest BCUT2D eigenvalue weighted by Gasteiger charge is 2.23. The zero-order valence-corrected chi connectivity index (χ0v) is 20.0. The van der Waals surface area contributed by atoms with Gasteiger partial charge in [-0.05, 0) is 43.0 Å². The van der Waals surface area contributed by atoms with Crippen molar-refractivity contribution in [2.45, 2.75) is 25.8 Å². The van der Waals surface area contributed by atoms with Crippen LogP contribution in [0, 0.1) is 5.92 Å². The SMILES string of the molecule is CN=C(NCc1ccc(-c2nc3ccccc3s2)o1)N1CCCC(CC(N)=O)C1.I. The first-order valence-corrected chi connectivity index (χ1v) is 10.6. The van der Waals surface area contributed by atoms with Crippen LogP contribution in [0.5, 0.6) is 0 Å². The fourth-order valence-corrected chi connectivity index (χ4v) is 4.70. The fourth-order valence-electron chi connectivity index (χ4n) is 3.77. The summed E-state index contributed by atoms with van der Waals surface area (Å²) in [6.07, 6.45) is 2.48. The lowest BCUT2D eigenvalue weighted by atomic mass is 9.95. The summed E-state index contributed by atoms with van der Waals surface area (Å²) in [6, 6.07) is 12.0. The lowest BCUT2D eigenvalue weighted by Gasteiger charge is -2.34. The molecule has 2 aromatic heterocycles. The van der Waals surface area contributed by atoms with E-state index < -0.39 is 0 Å². The van der Waals surface area contributed by atoms with Gasteiger partial charge >= 0.3 is 0 Å². The summed E-state index contributed by atoms with van der Waals surface area (Å²) in [5, 5.41) is 4.25. The van der Waals surface area contributed by atoms with Gasteiger partial charge in [0.2, 0.25) is 5.91 Å². The van der Waals surface area contributed by atoms with Crippen LogP contribution < -0.4 is 11.1 Å². The topological polar surface area (TPSA) is 96.8 Å². The molecule has 0 radical (unpaired) electrons. The van der Waals surface area contributed by atoms with Crippen molar-refractivity contribution in [3.05, 3.63) is 42.2 Å². The lowest BCUT2D eigenvalue weighted by molar-refractivity contribution is -0.119. The van der Waals surface area contributed by atoms with E-state index in [-0.39, 0.29) is 35.8 Å². The molecule has 3 N–H and O–H groups in total. The molecular weight excluding hydrogens is 513 g/mol. The number of fused-ring (bicyclic) bond motifs is 1. The van der Waals surface area contributed by atoms with Crippen molar-refractivity contribution in [3.63, 3.8) is 0 Å². The monoisotopic (exact) mass is 539 g/mol. The van der Waals surface area contributed by atoms with E-state index >= 15 is 0 Å². The van der Waals surface area contributed by atoms with Gasteiger partial charge in [0.15, 0.2) is 16.7 Å². The number of carbonyl (C=O) groups is 1. The molecule has 7 nitrogen and oxygen atoms in total. The Kier molecular flexibility index (Phi) is 7.70. The van der Waals surface area contributed by atoms with Gasteiger partial charge in [-0.2, -0.15) is 0 Å². The molecule has 1 atom stereocenters. The number of hydrogen-bond acceptors (Lipinski definition) is 5. The second-order valence-electron chi connectivity index (χ2n) is 7.28. The number of hydrogen-bond donors (Lipinski definition) is 2. The fraction of sp³-hybridized carbons (Fsp3) is 0.381. The molecule has 1 unspecified atom stereocenters. The van der Waals surface area contributed by atoms with Gasteiger partial charge < -0.3 is 20.4 Å². The predicted molar refractivity (Wildman–Crippen MR) is 131 cm³/mol. The maximum atomic E-state index is 11.2. The minimum Gasteiger partial charge on any atom is -0.457 e. The van der Waals surface area contributed by atoms with Gasteiger partial charge in [-0.1, -0.05) is 12.1 Å². The summed E-state index contributed by atoms with van der Waals surface area (Å²) >= 11 is 1.63. The number of aliphatic imine (C=N–C) groups is 1. The van der Waals surface area contributed by atoms with Crippen molar-refractivity contribution in [1.29, 1.82) is 0 Å². The minimum absolute atomic E-state index is 0. The predicted octanol–water partition coefficient (Wildman–Crippen LogP) is 3.84. The van der Waals surface area contributed by atoms with Crippen LogP contribution in [-0.2, 0) is 11.3 Å². The molecule has 4 rings (SSSR count). The summed E-state index contributed by atoms with van der Waals surface area (Å²) in [7, 11) is 1.77. The number of para-hydroxylation sites is 1. The summed E-state index contributed by atoms with van der Waals surface area (Å²) in [6.45, 7) is 2.25. The normalized spacial score (nSPS) is 17.0. The first-order chi connectivity index (χ1) is 14.1. The van der Waals surface area contributed by atoms with Crippen molar-refractivity contribution in [1.82, 2.24) is 15.2 Å². The van der Waals surface area contributed by atoms with Crippen LogP contribution in [0.1, 0.15) is 25.0 Å². The molecule has 1 saturated heterocycles. The molecule has 0 spiro atoms. The van der Waals surface area contributed by atoms with Crippen LogP contribution in [-0.4, -0.2) is 41.9 Å². The molecule has 30 heavy (non-hydrogen) atoms. The third-order valence-electron chi connectivity index (χ3n) is 5.11. The Morgan fingerprint density at radius 1 is 1.37 bits per heavy atom. The number of benzene rings is 1. The van der Waals surface area contributed by atoms with Crippen molar-refractivity contribution < 1.29 is 9.21 Å². The van der Waals surface area contributed by atoms with Crippen molar-refractivity contribution in [3.8, 4) is 10.8 Å². The van der Waals surface area contributed by atoms with E-state index in [0.29, 0.717) is 13.0 Å². The smallest absolute Gasteiger partial charge is 0.217 e. The highest BCUT2D eigenvalue weighted by atomic mass is 127. The summed E-state index contributed by atoms with van der Waals surface area (Å²) in [5.74, 6) is 2.47.